The van der Waals surface area contributed by atoms with E-state index in [-0.39, 0.29) is 11.3 Å². The Morgan fingerprint density at radius 3 is 2.79 bits per heavy atom. The summed E-state index contributed by atoms with van der Waals surface area (Å²) in [5.41, 5.74) is 1.12. The van der Waals surface area contributed by atoms with Gasteiger partial charge in [-0.05, 0) is 30.3 Å². The third-order valence-electron chi connectivity index (χ3n) is 2.72. The lowest BCUT2D eigenvalue weighted by Gasteiger charge is -2.04. The van der Waals surface area contributed by atoms with Crippen LogP contribution in [0.2, 0.25) is 0 Å². The van der Waals surface area contributed by atoms with Crippen molar-refractivity contribution in [1.82, 2.24) is 0 Å². The molecule has 2 N–H and O–H groups in total. The van der Waals surface area contributed by atoms with E-state index < -0.39 is 17.6 Å². The molecule has 2 aromatic rings. The van der Waals surface area contributed by atoms with E-state index in [1.165, 1.54) is 18.4 Å². The zero-order valence-corrected chi connectivity index (χ0v) is 9.60. The average Bonchev–Trinajstić information content (AvgIpc) is 3.01. The Hall–Kier alpha value is -2.89. The molecule has 0 saturated carbocycles. The molecular weight excluding hydrogens is 248 g/mol. The number of amides is 2. The predicted octanol–water partition coefficient (Wildman–Crippen LogP) is 1.67. The molecule has 6 nitrogen and oxygen atoms in total. The van der Waals surface area contributed by atoms with Crippen molar-refractivity contribution < 1.29 is 18.8 Å². The molecule has 0 fully saturated rings. The maximum atomic E-state index is 11.7. The van der Waals surface area contributed by atoms with Crippen LogP contribution < -0.4 is 10.6 Å². The normalized spacial score (nSPS) is 13.1. The van der Waals surface area contributed by atoms with E-state index >= 15 is 0 Å². The van der Waals surface area contributed by atoms with Crippen LogP contribution in [-0.2, 0) is 4.79 Å². The molecule has 0 radical (unpaired) electrons. The molecule has 1 aliphatic heterocycles. The van der Waals surface area contributed by atoms with Crippen molar-refractivity contribution in [2.45, 2.75) is 0 Å². The number of furan rings is 1. The lowest BCUT2D eigenvalue weighted by Crippen LogP contribution is -2.13. The standard InChI is InChI=1S/C13H8N2O4/c16-11-8-6-7(3-4-9(8)15-13(11)18)14-12(17)10-2-1-5-19-10/h1-6H,(H,14,17)(H,15,16,18). The Balaban J connectivity index is 1.86. The van der Waals surface area contributed by atoms with Crippen molar-refractivity contribution in [3.63, 3.8) is 0 Å². The van der Waals surface area contributed by atoms with Crippen molar-refractivity contribution in [1.29, 1.82) is 0 Å². The van der Waals surface area contributed by atoms with Crippen molar-refractivity contribution in [2.24, 2.45) is 0 Å². The first-order chi connectivity index (χ1) is 9.15. The van der Waals surface area contributed by atoms with Gasteiger partial charge in [0.05, 0.1) is 17.5 Å². The molecular formula is C13H8N2O4. The van der Waals surface area contributed by atoms with Gasteiger partial charge in [-0.1, -0.05) is 0 Å². The topological polar surface area (TPSA) is 88.4 Å². The molecule has 1 aromatic carbocycles. The Labute approximate surface area is 107 Å². The smallest absolute Gasteiger partial charge is 0.296 e. The molecule has 2 amide bonds. The van der Waals surface area contributed by atoms with Crippen molar-refractivity contribution in [2.75, 3.05) is 10.6 Å². The van der Waals surface area contributed by atoms with Gasteiger partial charge in [-0.15, -0.1) is 0 Å². The molecule has 19 heavy (non-hydrogen) atoms. The van der Waals surface area contributed by atoms with Gasteiger partial charge in [0.15, 0.2) is 5.76 Å². The van der Waals surface area contributed by atoms with Gasteiger partial charge in [0.25, 0.3) is 17.6 Å². The highest BCUT2D eigenvalue weighted by atomic mass is 16.3. The first kappa shape index (κ1) is 11.2. The maximum absolute atomic E-state index is 11.7. The van der Waals surface area contributed by atoms with Gasteiger partial charge in [0, 0.05) is 5.69 Å². The Bertz CT molecular complexity index is 689. The number of anilines is 2. The summed E-state index contributed by atoms with van der Waals surface area (Å²) >= 11 is 0. The van der Waals surface area contributed by atoms with Gasteiger partial charge in [-0.3, -0.25) is 14.4 Å². The third kappa shape index (κ3) is 1.89. The molecule has 0 bridgehead atoms. The van der Waals surface area contributed by atoms with Crippen LogP contribution in [0.4, 0.5) is 11.4 Å². The quantitative estimate of drug-likeness (QED) is 0.800. The van der Waals surface area contributed by atoms with E-state index in [2.05, 4.69) is 10.6 Å². The summed E-state index contributed by atoms with van der Waals surface area (Å²) in [6.07, 6.45) is 1.39. The monoisotopic (exact) mass is 256 g/mol. The summed E-state index contributed by atoms with van der Waals surface area (Å²) < 4.78 is 4.95. The molecule has 0 saturated heterocycles. The first-order valence-corrected chi connectivity index (χ1v) is 5.50. The van der Waals surface area contributed by atoms with Gasteiger partial charge >= 0.3 is 0 Å². The van der Waals surface area contributed by atoms with Crippen LogP contribution in [0.1, 0.15) is 20.9 Å². The van der Waals surface area contributed by atoms with E-state index in [9.17, 15) is 14.4 Å². The summed E-state index contributed by atoms with van der Waals surface area (Å²) in [5, 5.41) is 5.02. The number of carbonyl (C=O) groups excluding carboxylic acids is 3. The number of rotatable bonds is 2. The SMILES string of the molecule is O=C1Nc2ccc(NC(=O)c3ccco3)cc2C1=O. The van der Waals surface area contributed by atoms with Crippen molar-refractivity contribution in [3.8, 4) is 0 Å². The number of Topliss-reactive ketones (excluding diaryl/α,β-unsaturated/α-hetero) is 1. The average molecular weight is 256 g/mol. The van der Waals surface area contributed by atoms with Crippen LogP contribution in [0.3, 0.4) is 0 Å². The zero-order chi connectivity index (χ0) is 13.4. The lowest BCUT2D eigenvalue weighted by atomic mass is 10.1. The molecule has 1 aromatic heterocycles. The number of carbonyl (C=O) groups is 3. The Kier molecular flexibility index (Phi) is 2.42. The van der Waals surface area contributed by atoms with E-state index in [1.54, 1.807) is 18.2 Å². The molecule has 2 heterocycles. The van der Waals surface area contributed by atoms with Crippen LogP contribution in [0, 0.1) is 0 Å². The van der Waals surface area contributed by atoms with Crippen molar-refractivity contribution >= 4 is 29.0 Å². The fraction of sp³-hybridized carbons (Fsp3) is 0. The third-order valence-corrected chi connectivity index (χ3v) is 2.72. The fourth-order valence-corrected chi connectivity index (χ4v) is 1.82. The molecule has 94 valence electrons. The molecule has 3 rings (SSSR count). The van der Waals surface area contributed by atoms with Gasteiger partial charge in [0.2, 0.25) is 0 Å². The minimum atomic E-state index is -0.662. The number of ketones is 1. The number of fused-ring (bicyclic) bond motifs is 1. The highest BCUT2D eigenvalue weighted by Gasteiger charge is 2.28. The Morgan fingerprint density at radius 1 is 1.21 bits per heavy atom. The van der Waals surface area contributed by atoms with E-state index in [0.717, 1.165) is 0 Å². The molecule has 0 aliphatic carbocycles. The van der Waals surface area contributed by atoms with Crippen LogP contribution >= 0.6 is 0 Å². The van der Waals surface area contributed by atoms with E-state index in [4.69, 9.17) is 4.42 Å². The maximum Gasteiger partial charge on any atom is 0.296 e. The summed E-state index contributed by atoms with van der Waals surface area (Å²) in [6, 6.07) is 7.74. The molecule has 0 spiro atoms. The predicted molar refractivity (Wildman–Crippen MR) is 66.1 cm³/mol. The molecule has 1 aliphatic rings. The highest BCUT2D eigenvalue weighted by Crippen LogP contribution is 2.26. The molecule has 0 atom stereocenters. The van der Waals surface area contributed by atoms with E-state index in [0.29, 0.717) is 11.4 Å². The van der Waals surface area contributed by atoms with Gasteiger partial charge in [0.1, 0.15) is 0 Å². The lowest BCUT2D eigenvalue weighted by molar-refractivity contribution is -0.112. The van der Waals surface area contributed by atoms with E-state index in [1.807, 2.05) is 0 Å². The van der Waals surface area contributed by atoms with Crippen LogP contribution in [0.5, 0.6) is 0 Å². The van der Waals surface area contributed by atoms with Gasteiger partial charge in [-0.2, -0.15) is 0 Å². The number of hydrogen-bond donors (Lipinski definition) is 2. The highest BCUT2D eigenvalue weighted by molar-refractivity contribution is 6.51. The number of benzene rings is 1. The van der Waals surface area contributed by atoms with Crippen LogP contribution in [-0.4, -0.2) is 17.6 Å². The molecule has 0 unspecified atom stereocenters. The second kappa shape index (κ2) is 4.09. The largest absolute Gasteiger partial charge is 0.459 e. The zero-order valence-electron chi connectivity index (χ0n) is 9.60. The van der Waals surface area contributed by atoms with Crippen LogP contribution in [0.15, 0.2) is 41.0 Å². The summed E-state index contributed by atoms with van der Waals surface area (Å²) in [7, 11) is 0. The molecule has 6 heteroatoms. The fourth-order valence-electron chi connectivity index (χ4n) is 1.82. The summed E-state index contributed by atoms with van der Waals surface area (Å²) in [4.78, 5) is 34.5. The van der Waals surface area contributed by atoms with Crippen LogP contribution in [0.25, 0.3) is 0 Å². The first-order valence-electron chi connectivity index (χ1n) is 5.50. The Morgan fingerprint density at radius 2 is 2.05 bits per heavy atom. The van der Waals surface area contributed by atoms with Gasteiger partial charge in [-0.25, -0.2) is 0 Å². The second-order valence-corrected chi connectivity index (χ2v) is 3.98. The summed E-state index contributed by atoms with van der Waals surface area (Å²) in [5.74, 6) is -1.52. The van der Waals surface area contributed by atoms with Gasteiger partial charge < -0.3 is 15.1 Å². The van der Waals surface area contributed by atoms with Crippen molar-refractivity contribution in [3.05, 3.63) is 47.9 Å². The second-order valence-electron chi connectivity index (χ2n) is 3.98. The number of nitrogens with one attached hydrogen (secondary N) is 2. The minimum Gasteiger partial charge on any atom is -0.459 e. The summed E-state index contributed by atoms with van der Waals surface area (Å²) in [6.45, 7) is 0. The number of hydrogen-bond acceptors (Lipinski definition) is 4. The minimum absolute atomic E-state index is 0.168.